The highest BCUT2D eigenvalue weighted by Crippen LogP contribution is 2.32. The third-order valence-electron chi connectivity index (χ3n) is 4.85. The Morgan fingerprint density at radius 1 is 0.903 bits per heavy atom. The first-order chi connectivity index (χ1) is 15.0. The Morgan fingerprint density at radius 2 is 1.55 bits per heavy atom. The number of imide groups is 1. The predicted molar refractivity (Wildman–Crippen MR) is 118 cm³/mol. The van der Waals surface area contributed by atoms with Crippen molar-refractivity contribution < 1.29 is 19.1 Å². The number of nitrogens with zero attached hydrogens (tertiary/aromatic N) is 1. The van der Waals surface area contributed by atoms with Crippen molar-refractivity contribution in [2.24, 2.45) is 0 Å². The minimum atomic E-state index is -0.325. The molecule has 3 aromatic rings. The van der Waals surface area contributed by atoms with Crippen LogP contribution in [0.1, 0.15) is 33.6 Å². The van der Waals surface area contributed by atoms with Gasteiger partial charge in [0, 0.05) is 18.0 Å². The van der Waals surface area contributed by atoms with E-state index in [2.05, 4.69) is 5.32 Å². The van der Waals surface area contributed by atoms with Crippen molar-refractivity contribution in [3.63, 3.8) is 0 Å². The van der Waals surface area contributed by atoms with Gasteiger partial charge in [-0.2, -0.15) is 0 Å². The molecule has 0 radical (unpaired) electrons. The van der Waals surface area contributed by atoms with E-state index in [0.29, 0.717) is 39.8 Å². The van der Waals surface area contributed by atoms with E-state index in [1.54, 1.807) is 42.5 Å². The number of ether oxygens (including phenoxy) is 1. The molecule has 0 saturated carbocycles. The van der Waals surface area contributed by atoms with Crippen LogP contribution >= 0.6 is 11.6 Å². The summed E-state index contributed by atoms with van der Waals surface area (Å²) >= 11 is 6.08. The molecule has 1 N–H and O–H groups in total. The van der Waals surface area contributed by atoms with Crippen molar-refractivity contribution in [1.82, 2.24) is 4.90 Å². The van der Waals surface area contributed by atoms with Crippen molar-refractivity contribution in [1.29, 1.82) is 0 Å². The third kappa shape index (κ3) is 4.59. The first kappa shape index (κ1) is 20.6. The van der Waals surface area contributed by atoms with Crippen molar-refractivity contribution in [2.45, 2.75) is 12.8 Å². The largest absolute Gasteiger partial charge is 0.455 e. The molecule has 6 nitrogen and oxygen atoms in total. The van der Waals surface area contributed by atoms with Gasteiger partial charge in [0.25, 0.3) is 11.8 Å². The van der Waals surface area contributed by atoms with E-state index in [1.807, 2.05) is 30.3 Å². The molecule has 7 heteroatoms. The van der Waals surface area contributed by atoms with Crippen LogP contribution in [-0.2, 0) is 4.79 Å². The van der Waals surface area contributed by atoms with Crippen molar-refractivity contribution in [3.8, 4) is 11.5 Å². The zero-order chi connectivity index (χ0) is 21.8. The average molecular weight is 435 g/mol. The highest BCUT2D eigenvalue weighted by Gasteiger charge is 2.34. The van der Waals surface area contributed by atoms with E-state index in [4.69, 9.17) is 16.3 Å². The van der Waals surface area contributed by atoms with Crippen LogP contribution in [0.15, 0.2) is 72.8 Å². The van der Waals surface area contributed by atoms with Gasteiger partial charge in [-0.05, 0) is 48.9 Å². The second-order valence-electron chi connectivity index (χ2n) is 7.01. The molecule has 0 atom stereocenters. The number of benzene rings is 3. The number of fused-ring (bicyclic) bond motifs is 1. The van der Waals surface area contributed by atoms with Crippen LogP contribution in [0.2, 0.25) is 5.02 Å². The molecule has 0 unspecified atom stereocenters. The van der Waals surface area contributed by atoms with E-state index in [-0.39, 0.29) is 30.7 Å². The molecule has 0 bridgehead atoms. The minimum absolute atomic E-state index is 0.130. The van der Waals surface area contributed by atoms with Crippen molar-refractivity contribution in [3.05, 3.63) is 88.9 Å². The molecular weight excluding hydrogens is 416 g/mol. The van der Waals surface area contributed by atoms with Gasteiger partial charge in [0.1, 0.15) is 5.75 Å². The molecule has 0 saturated heterocycles. The molecule has 0 fully saturated rings. The average Bonchev–Trinajstić information content (AvgIpc) is 3.01. The number of hydrogen-bond donors (Lipinski definition) is 1. The molecule has 1 heterocycles. The molecule has 3 aromatic carbocycles. The van der Waals surface area contributed by atoms with Crippen LogP contribution < -0.4 is 10.1 Å². The second kappa shape index (κ2) is 9.02. The number of carbonyl (C=O) groups excluding carboxylic acids is 3. The topological polar surface area (TPSA) is 75.7 Å². The summed E-state index contributed by atoms with van der Waals surface area (Å²) in [6.45, 7) is 0.169. The maximum atomic E-state index is 12.5. The summed E-state index contributed by atoms with van der Waals surface area (Å²) in [5.41, 5.74) is 1.25. The summed E-state index contributed by atoms with van der Waals surface area (Å²) in [5, 5.41) is 3.26. The molecule has 0 spiro atoms. The summed E-state index contributed by atoms with van der Waals surface area (Å²) in [5.74, 6) is 0.177. The zero-order valence-electron chi connectivity index (χ0n) is 16.5. The Bertz CT molecular complexity index is 1110. The molecule has 3 amide bonds. The van der Waals surface area contributed by atoms with E-state index in [9.17, 15) is 14.4 Å². The number of hydrogen-bond acceptors (Lipinski definition) is 4. The summed E-state index contributed by atoms with van der Waals surface area (Å²) in [7, 11) is 0. The number of rotatable bonds is 7. The SMILES string of the molecule is O=C(CCCN1C(=O)c2ccccc2C1=O)Nc1cc(Cl)ccc1Oc1ccccc1. The van der Waals surface area contributed by atoms with E-state index in [1.165, 1.54) is 4.90 Å². The van der Waals surface area contributed by atoms with Gasteiger partial charge in [0.15, 0.2) is 5.75 Å². The number of amides is 3. The molecular formula is C24H19ClN2O4. The fourth-order valence-corrected chi connectivity index (χ4v) is 3.53. The molecule has 156 valence electrons. The zero-order valence-corrected chi connectivity index (χ0v) is 17.3. The summed E-state index contributed by atoms with van der Waals surface area (Å²) in [6, 6.07) is 20.9. The Labute approximate surface area is 184 Å². The number of carbonyl (C=O) groups is 3. The summed E-state index contributed by atoms with van der Waals surface area (Å²) in [6.07, 6.45) is 0.470. The molecule has 1 aliphatic rings. The normalized spacial score (nSPS) is 12.6. The lowest BCUT2D eigenvalue weighted by atomic mass is 10.1. The maximum absolute atomic E-state index is 12.5. The quantitative estimate of drug-likeness (QED) is 0.522. The maximum Gasteiger partial charge on any atom is 0.261 e. The number of anilines is 1. The molecule has 0 aliphatic carbocycles. The predicted octanol–water partition coefficient (Wildman–Crippen LogP) is 5.15. The lowest BCUT2D eigenvalue weighted by Gasteiger charge is -2.15. The smallest absolute Gasteiger partial charge is 0.261 e. The fraction of sp³-hybridized carbons (Fsp3) is 0.125. The van der Waals surface area contributed by atoms with Gasteiger partial charge in [0.2, 0.25) is 5.91 Å². The lowest BCUT2D eigenvalue weighted by Crippen LogP contribution is -2.31. The van der Waals surface area contributed by atoms with Gasteiger partial charge >= 0.3 is 0 Å². The standard InChI is InChI=1S/C24H19ClN2O4/c25-16-12-13-21(31-17-7-2-1-3-8-17)20(15-16)26-22(28)11-6-14-27-23(29)18-9-4-5-10-19(18)24(27)30/h1-5,7-10,12-13,15H,6,11,14H2,(H,26,28). The van der Waals surface area contributed by atoms with Gasteiger partial charge in [-0.15, -0.1) is 0 Å². The van der Waals surface area contributed by atoms with Crippen molar-refractivity contribution >= 4 is 35.0 Å². The van der Waals surface area contributed by atoms with Crippen LogP contribution in [0.3, 0.4) is 0 Å². The number of halogens is 1. The lowest BCUT2D eigenvalue weighted by molar-refractivity contribution is -0.116. The van der Waals surface area contributed by atoms with Gasteiger partial charge in [0.05, 0.1) is 16.8 Å². The third-order valence-corrected chi connectivity index (χ3v) is 5.09. The van der Waals surface area contributed by atoms with E-state index >= 15 is 0 Å². The molecule has 4 rings (SSSR count). The Balaban J connectivity index is 1.36. The first-order valence-corrected chi connectivity index (χ1v) is 10.2. The van der Waals surface area contributed by atoms with Gasteiger partial charge in [-0.1, -0.05) is 41.9 Å². The summed E-state index contributed by atoms with van der Waals surface area (Å²) in [4.78, 5) is 38.5. The fourth-order valence-electron chi connectivity index (χ4n) is 3.36. The van der Waals surface area contributed by atoms with Gasteiger partial charge in [-0.25, -0.2) is 0 Å². The van der Waals surface area contributed by atoms with Crippen LogP contribution in [-0.4, -0.2) is 29.2 Å². The summed E-state index contributed by atoms with van der Waals surface area (Å²) < 4.78 is 5.84. The number of nitrogens with one attached hydrogen (secondary N) is 1. The van der Waals surface area contributed by atoms with Crippen LogP contribution in [0.25, 0.3) is 0 Å². The van der Waals surface area contributed by atoms with Crippen LogP contribution in [0.5, 0.6) is 11.5 Å². The van der Waals surface area contributed by atoms with Crippen LogP contribution in [0, 0.1) is 0 Å². The van der Waals surface area contributed by atoms with Crippen molar-refractivity contribution in [2.75, 3.05) is 11.9 Å². The monoisotopic (exact) mass is 434 g/mol. The highest BCUT2D eigenvalue weighted by atomic mass is 35.5. The van der Waals surface area contributed by atoms with E-state index in [0.717, 1.165) is 0 Å². The minimum Gasteiger partial charge on any atom is -0.455 e. The van der Waals surface area contributed by atoms with Gasteiger partial charge in [-0.3, -0.25) is 19.3 Å². The molecule has 1 aliphatic heterocycles. The molecule has 31 heavy (non-hydrogen) atoms. The Kier molecular flexibility index (Phi) is 6.00. The Morgan fingerprint density at radius 3 is 2.23 bits per heavy atom. The number of para-hydroxylation sites is 1. The molecule has 0 aromatic heterocycles. The van der Waals surface area contributed by atoms with Crippen LogP contribution in [0.4, 0.5) is 5.69 Å². The first-order valence-electron chi connectivity index (χ1n) is 9.80. The van der Waals surface area contributed by atoms with E-state index < -0.39 is 0 Å². The highest BCUT2D eigenvalue weighted by molar-refractivity contribution is 6.31. The Hall–Kier alpha value is -3.64. The second-order valence-corrected chi connectivity index (χ2v) is 7.45. The van der Waals surface area contributed by atoms with Gasteiger partial charge < -0.3 is 10.1 Å².